The first-order chi connectivity index (χ1) is 17.5. The van der Waals surface area contributed by atoms with Crippen molar-refractivity contribution in [1.82, 2.24) is 16.0 Å². The van der Waals surface area contributed by atoms with E-state index in [-0.39, 0.29) is 40.6 Å². The number of amides is 3. The lowest BCUT2D eigenvalue weighted by atomic mass is 10.1. The van der Waals surface area contributed by atoms with Crippen molar-refractivity contribution in [3.05, 3.63) is 96.9 Å². The molecule has 37 heavy (non-hydrogen) atoms. The van der Waals surface area contributed by atoms with E-state index in [4.69, 9.17) is 11.6 Å². The molecular formula is C25H20Br2ClN3O6. The highest BCUT2D eigenvalue weighted by atomic mass is 79.9. The Morgan fingerprint density at radius 1 is 0.838 bits per heavy atom. The summed E-state index contributed by atoms with van der Waals surface area (Å²) in [6.07, 6.45) is 0. The summed E-state index contributed by atoms with van der Waals surface area (Å²) in [4.78, 5) is 49.3. The van der Waals surface area contributed by atoms with Crippen molar-refractivity contribution in [1.29, 1.82) is 0 Å². The number of carboxylic acids is 1. The normalized spacial score (nSPS) is 11.3. The summed E-state index contributed by atoms with van der Waals surface area (Å²) in [5, 5.41) is 26.5. The maximum atomic E-state index is 12.7. The molecule has 0 bridgehead atoms. The van der Waals surface area contributed by atoms with Crippen LogP contribution in [0.5, 0.6) is 5.75 Å². The van der Waals surface area contributed by atoms with Crippen LogP contribution < -0.4 is 16.0 Å². The van der Waals surface area contributed by atoms with Gasteiger partial charge in [0, 0.05) is 33.2 Å². The molecule has 3 aromatic carbocycles. The molecule has 0 aromatic heterocycles. The molecule has 3 aromatic rings. The Labute approximate surface area is 233 Å². The minimum Gasteiger partial charge on any atom is -0.508 e. The third kappa shape index (κ3) is 8.04. The highest BCUT2D eigenvalue weighted by molar-refractivity contribution is 9.11. The molecule has 3 amide bonds. The van der Waals surface area contributed by atoms with Crippen LogP contribution in [-0.2, 0) is 11.3 Å². The topological polar surface area (TPSA) is 145 Å². The van der Waals surface area contributed by atoms with Crippen LogP contribution in [0.3, 0.4) is 0 Å². The standard InChI is InChI=1S/C25H20Br2ClN3O6/c26-16-7-15(8-17(27)10-16)23(34)30-12-21(25(36)37)31-24(35)19-5-4-14(9-20(19)28)22(33)29-11-13-2-1-3-18(32)6-13/h1-10,21,32H,11-12H2,(H,29,33)(H,30,34)(H,31,35)(H,36,37). The molecule has 1 unspecified atom stereocenters. The fourth-order valence-corrected chi connectivity index (χ4v) is 4.77. The molecule has 0 aliphatic rings. The molecule has 12 heteroatoms. The second kappa shape index (κ2) is 12.7. The van der Waals surface area contributed by atoms with Gasteiger partial charge < -0.3 is 26.2 Å². The number of hydrogen-bond acceptors (Lipinski definition) is 5. The molecule has 192 valence electrons. The van der Waals surface area contributed by atoms with Gasteiger partial charge in [-0.05, 0) is 54.1 Å². The molecule has 0 aliphatic heterocycles. The van der Waals surface area contributed by atoms with Gasteiger partial charge in [0.25, 0.3) is 17.7 Å². The Kier molecular flexibility index (Phi) is 9.67. The number of phenolic OH excluding ortho intramolecular Hbond substituents is 1. The molecule has 0 saturated heterocycles. The van der Waals surface area contributed by atoms with Gasteiger partial charge in [0.1, 0.15) is 11.8 Å². The van der Waals surface area contributed by atoms with Gasteiger partial charge in [0.2, 0.25) is 0 Å². The average molecular weight is 654 g/mol. The fraction of sp³-hybridized carbons (Fsp3) is 0.120. The Bertz CT molecular complexity index is 1350. The van der Waals surface area contributed by atoms with Crippen molar-refractivity contribution in [2.75, 3.05) is 6.54 Å². The molecule has 3 rings (SSSR count). The maximum absolute atomic E-state index is 12.7. The molecule has 0 heterocycles. The van der Waals surface area contributed by atoms with E-state index >= 15 is 0 Å². The van der Waals surface area contributed by atoms with Gasteiger partial charge in [-0.2, -0.15) is 0 Å². The van der Waals surface area contributed by atoms with Crippen molar-refractivity contribution in [2.45, 2.75) is 12.6 Å². The van der Waals surface area contributed by atoms with Crippen LogP contribution >= 0.6 is 43.5 Å². The van der Waals surface area contributed by atoms with Crippen LogP contribution in [0.4, 0.5) is 0 Å². The summed E-state index contributed by atoms with van der Waals surface area (Å²) in [7, 11) is 0. The van der Waals surface area contributed by atoms with E-state index in [1.54, 1.807) is 30.3 Å². The van der Waals surface area contributed by atoms with Crippen LogP contribution in [-0.4, -0.2) is 46.5 Å². The van der Waals surface area contributed by atoms with Gasteiger partial charge in [0.05, 0.1) is 10.6 Å². The number of phenols is 1. The minimum atomic E-state index is -1.44. The van der Waals surface area contributed by atoms with E-state index in [0.29, 0.717) is 14.5 Å². The van der Waals surface area contributed by atoms with Crippen LogP contribution in [0.15, 0.2) is 69.6 Å². The van der Waals surface area contributed by atoms with Crippen molar-refractivity contribution < 1.29 is 29.4 Å². The van der Waals surface area contributed by atoms with Gasteiger partial charge in [-0.15, -0.1) is 0 Å². The molecule has 0 fully saturated rings. The minimum absolute atomic E-state index is 0.0419. The number of benzene rings is 3. The first-order valence-corrected chi connectivity index (χ1v) is 12.6. The van der Waals surface area contributed by atoms with E-state index in [0.717, 1.165) is 0 Å². The van der Waals surface area contributed by atoms with E-state index in [1.165, 1.54) is 30.3 Å². The Morgan fingerprint density at radius 2 is 1.51 bits per heavy atom. The van der Waals surface area contributed by atoms with Crippen LogP contribution in [0.1, 0.15) is 36.6 Å². The first-order valence-electron chi connectivity index (χ1n) is 10.7. The van der Waals surface area contributed by atoms with Gasteiger partial charge in [-0.3, -0.25) is 14.4 Å². The predicted molar refractivity (Wildman–Crippen MR) is 144 cm³/mol. The number of halogens is 3. The molecule has 1 atom stereocenters. The van der Waals surface area contributed by atoms with Gasteiger partial charge in [-0.1, -0.05) is 55.6 Å². The monoisotopic (exact) mass is 651 g/mol. The maximum Gasteiger partial charge on any atom is 0.328 e. The average Bonchev–Trinajstić information content (AvgIpc) is 2.83. The Hall–Kier alpha value is -3.41. The number of carboxylic acid groups (broad SMARTS) is 1. The highest BCUT2D eigenvalue weighted by Gasteiger charge is 2.23. The molecule has 0 spiro atoms. The summed E-state index contributed by atoms with van der Waals surface area (Å²) in [6.45, 7) is -0.215. The molecule has 0 saturated carbocycles. The summed E-state index contributed by atoms with van der Waals surface area (Å²) in [5.74, 6) is -3.05. The number of rotatable bonds is 9. The zero-order valence-electron chi connectivity index (χ0n) is 18.9. The molecule has 0 radical (unpaired) electrons. The second-order valence-corrected chi connectivity index (χ2v) is 10.0. The summed E-state index contributed by atoms with van der Waals surface area (Å²) >= 11 is 12.8. The molecule has 5 N–H and O–H groups in total. The molecule has 0 aliphatic carbocycles. The number of hydrogen-bond donors (Lipinski definition) is 5. The zero-order chi connectivity index (χ0) is 27.1. The van der Waals surface area contributed by atoms with Crippen molar-refractivity contribution in [3.8, 4) is 5.75 Å². The van der Waals surface area contributed by atoms with Gasteiger partial charge >= 0.3 is 5.97 Å². The number of carbonyl (C=O) groups is 4. The van der Waals surface area contributed by atoms with Crippen molar-refractivity contribution >= 4 is 67.2 Å². The van der Waals surface area contributed by atoms with Crippen molar-refractivity contribution in [3.63, 3.8) is 0 Å². The summed E-state index contributed by atoms with van der Waals surface area (Å²) in [5.41, 5.74) is 1.12. The van der Waals surface area contributed by atoms with E-state index in [2.05, 4.69) is 47.8 Å². The summed E-state index contributed by atoms with van der Waals surface area (Å²) in [6, 6.07) is 13.8. The fourth-order valence-electron chi connectivity index (χ4n) is 3.21. The predicted octanol–water partition coefficient (Wildman–Crippen LogP) is 4.11. The highest BCUT2D eigenvalue weighted by Crippen LogP contribution is 2.21. The van der Waals surface area contributed by atoms with Gasteiger partial charge in [-0.25, -0.2) is 4.79 Å². The Morgan fingerprint density at radius 3 is 2.14 bits per heavy atom. The lowest BCUT2D eigenvalue weighted by Gasteiger charge is -2.16. The van der Waals surface area contributed by atoms with Crippen molar-refractivity contribution in [2.24, 2.45) is 0 Å². The molecular weight excluding hydrogens is 634 g/mol. The number of aliphatic carboxylic acids is 1. The molecule has 9 nitrogen and oxygen atoms in total. The van der Waals surface area contributed by atoms with Crippen LogP contribution in [0.25, 0.3) is 0 Å². The number of carbonyl (C=O) groups excluding carboxylic acids is 3. The Balaban J connectivity index is 1.62. The number of nitrogens with one attached hydrogen (secondary N) is 3. The first kappa shape index (κ1) is 28.2. The lowest BCUT2D eigenvalue weighted by molar-refractivity contribution is -0.139. The quantitative estimate of drug-likeness (QED) is 0.235. The van der Waals surface area contributed by atoms with Crippen LogP contribution in [0, 0.1) is 0 Å². The van der Waals surface area contributed by atoms with E-state index < -0.39 is 29.7 Å². The van der Waals surface area contributed by atoms with E-state index in [1.807, 2.05) is 0 Å². The van der Waals surface area contributed by atoms with Crippen LogP contribution in [0.2, 0.25) is 5.02 Å². The van der Waals surface area contributed by atoms with Gasteiger partial charge in [0.15, 0.2) is 0 Å². The second-order valence-electron chi connectivity index (χ2n) is 7.78. The number of aromatic hydroxyl groups is 1. The largest absolute Gasteiger partial charge is 0.508 e. The van der Waals surface area contributed by atoms with E-state index in [9.17, 15) is 29.4 Å². The zero-order valence-corrected chi connectivity index (χ0v) is 22.9. The lowest BCUT2D eigenvalue weighted by Crippen LogP contribution is -2.48. The third-order valence-corrected chi connectivity index (χ3v) is 6.26. The smallest absolute Gasteiger partial charge is 0.328 e. The summed E-state index contributed by atoms with van der Waals surface area (Å²) < 4.78 is 1.31. The SMILES string of the molecule is O=C(NCc1cccc(O)c1)c1ccc(C(=O)NC(CNC(=O)c2cc(Br)cc(Br)c2)C(=O)O)c(Cl)c1. The third-order valence-electron chi connectivity index (χ3n) is 5.03.